The fourth-order valence-electron chi connectivity index (χ4n) is 0.225. The minimum atomic E-state index is -2.72. The maximum atomic E-state index is 11.1. The van der Waals surface area contributed by atoms with E-state index >= 15 is 0 Å². The quantitative estimate of drug-likeness (QED) is 0.452. The number of hydrogen-bond acceptors (Lipinski definition) is 3. The predicted octanol–water partition coefficient (Wildman–Crippen LogP) is 1.44. The molecular formula is C4H5F2NOS. The first-order valence-electron chi connectivity index (χ1n) is 2.18. The van der Waals surface area contributed by atoms with Gasteiger partial charge in [-0.3, -0.25) is 0 Å². The zero-order valence-corrected chi connectivity index (χ0v) is 5.33. The molecule has 0 heterocycles. The lowest BCUT2D eigenvalue weighted by Gasteiger charge is -1.96. The van der Waals surface area contributed by atoms with Gasteiger partial charge in [-0.2, -0.15) is 14.0 Å². The molecule has 0 radical (unpaired) electrons. The molecule has 5 heteroatoms. The van der Waals surface area contributed by atoms with Crippen LogP contribution in [0.4, 0.5) is 8.78 Å². The highest BCUT2D eigenvalue weighted by Crippen LogP contribution is 1.98. The van der Waals surface area contributed by atoms with E-state index in [9.17, 15) is 8.78 Å². The molecule has 0 saturated heterocycles. The van der Waals surface area contributed by atoms with Crippen LogP contribution in [-0.2, 0) is 4.74 Å². The van der Waals surface area contributed by atoms with Crippen molar-refractivity contribution in [2.45, 2.75) is 6.61 Å². The number of ether oxygens (including phenoxy) is 1. The van der Waals surface area contributed by atoms with E-state index in [1.807, 2.05) is 0 Å². The number of hydrogen-bond donors (Lipinski definition) is 0. The summed E-state index contributed by atoms with van der Waals surface area (Å²) < 4.78 is 26.1. The van der Waals surface area contributed by atoms with Crippen LogP contribution in [0.3, 0.4) is 0 Å². The fourth-order valence-corrected chi connectivity index (χ4v) is 0.495. The van der Waals surface area contributed by atoms with E-state index in [-0.39, 0.29) is 6.61 Å². The largest absolute Gasteiger partial charge is 0.345 e. The molecule has 2 nitrogen and oxygen atoms in total. The number of thioether (sulfide) groups is 1. The number of nitriles is 1. The Labute approximate surface area is 55.8 Å². The van der Waals surface area contributed by atoms with Gasteiger partial charge in [-0.15, -0.1) is 0 Å². The molecule has 0 bridgehead atoms. The lowest BCUT2D eigenvalue weighted by atomic mass is 10.9. The van der Waals surface area contributed by atoms with Crippen molar-refractivity contribution in [3.05, 3.63) is 0 Å². The van der Waals surface area contributed by atoms with Gasteiger partial charge in [-0.25, -0.2) is 0 Å². The van der Waals surface area contributed by atoms with Crippen LogP contribution >= 0.6 is 11.8 Å². The smallest absolute Gasteiger partial charge is 0.322 e. The standard InChI is InChI=1S/C4H5F2NOS/c5-4(6)8-1-2-9-3-7/h4H,1-2H2. The summed E-state index contributed by atoms with van der Waals surface area (Å²) in [4.78, 5) is 0. The SMILES string of the molecule is N#CSCCOC(F)F. The summed E-state index contributed by atoms with van der Waals surface area (Å²) in [5, 5.41) is 9.63. The average Bonchev–Trinajstić information content (AvgIpc) is 1.80. The highest BCUT2D eigenvalue weighted by Gasteiger charge is 1.98. The fraction of sp³-hybridized carbons (Fsp3) is 0.750. The highest BCUT2D eigenvalue weighted by molar-refractivity contribution is 8.03. The van der Waals surface area contributed by atoms with E-state index < -0.39 is 6.61 Å². The minimum Gasteiger partial charge on any atom is -0.322 e. The van der Waals surface area contributed by atoms with Crippen LogP contribution < -0.4 is 0 Å². The van der Waals surface area contributed by atoms with Gasteiger partial charge in [0.25, 0.3) is 0 Å². The van der Waals surface area contributed by atoms with E-state index in [0.717, 1.165) is 11.8 Å². The molecule has 0 atom stereocenters. The molecule has 0 fully saturated rings. The Bertz CT molecular complexity index is 103. The summed E-state index contributed by atoms with van der Waals surface area (Å²) in [5.74, 6) is 0.292. The van der Waals surface area contributed by atoms with Gasteiger partial charge in [0, 0.05) is 5.75 Å². The van der Waals surface area contributed by atoms with Crippen molar-refractivity contribution in [2.24, 2.45) is 0 Å². The predicted molar refractivity (Wildman–Crippen MR) is 30.0 cm³/mol. The highest BCUT2D eigenvalue weighted by atomic mass is 32.2. The Morgan fingerprint density at radius 2 is 2.33 bits per heavy atom. The van der Waals surface area contributed by atoms with E-state index in [2.05, 4.69) is 4.74 Å². The number of thiocyanates is 1. The second-order valence-electron chi connectivity index (χ2n) is 1.07. The van der Waals surface area contributed by atoms with Gasteiger partial charge < -0.3 is 4.74 Å². The third kappa shape index (κ3) is 7.66. The minimum absolute atomic E-state index is 0.0735. The van der Waals surface area contributed by atoms with Crippen molar-refractivity contribution >= 4 is 11.8 Å². The summed E-state index contributed by atoms with van der Waals surface area (Å²) in [7, 11) is 0. The van der Waals surface area contributed by atoms with Crippen molar-refractivity contribution in [3.8, 4) is 5.40 Å². The molecule has 0 aliphatic heterocycles. The second-order valence-corrected chi connectivity index (χ2v) is 1.95. The molecule has 0 N–H and O–H groups in total. The van der Waals surface area contributed by atoms with Gasteiger partial charge in [-0.05, 0) is 11.8 Å². The Balaban J connectivity index is 2.85. The van der Waals surface area contributed by atoms with Gasteiger partial charge in [0.1, 0.15) is 5.40 Å². The number of alkyl halides is 2. The molecule has 0 amide bonds. The molecule has 9 heavy (non-hydrogen) atoms. The maximum Gasteiger partial charge on any atom is 0.345 e. The van der Waals surface area contributed by atoms with Gasteiger partial charge >= 0.3 is 6.61 Å². The van der Waals surface area contributed by atoms with Crippen LogP contribution in [0, 0.1) is 10.7 Å². The second kappa shape index (κ2) is 5.79. The number of halogens is 2. The summed E-state index contributed by atoms with van der Waals surface area (Å²) >= 11 is 0.897. The lowest BCUT2D eigenvalue weighted by Crippen LogP contribution is -2.01. The Morgan fingerprint density at radius 1 is 1.67 bits per heavy atom. The third-order valence-corrected chi connectivity index (χ3v) is 0.994. The van der Waals surface area contributed by atoms with Crippen LogP contribution in [0.2, 0.25) is 0 Å². The van der Waals surface area contributed by atoms with E-state index in [1.165, 1.54) is 0 Å². The van der Waals surface area contributed by atoms with E-state index in [0.29, 0.717) is 5.75 Å². The maximum absolute atomic E-state index is 11.1. The van der Waals surface area contributed by atoms with Gasteiger partial charge in [-0.1, -0.05) is 0 Å². The van der Waals surface area contributed by atoms with Crippen molar-refractivity contribution in [1.29, 1.82) is 5.26 Å². The Kier molecular flexibility index (Phi) is 5.57. The molecular weight excluding hydrogens is 148 g/mol. The lowest BCUT2D eigenvalue weighted by molar-refractivity contribution is -0.123. The van der Waals surface area contributed by atoms with Gasteiger partial charge in [0.2, 0.25) is 0 Å². The summed E-state index contributed by atoms with van der Waals surface area (Å²) in [6.45, 7) is -2.79. The first kappa shape index (κ1) is 8.66. The summed E-state index contributed by atoms with van der Waals surface area (Å²) in [5.41, 5.74) is 0. The molecule has 0 saturated carbocycles. The monoisotopic (exact) mass is 153 g/mol. The van der Waals surface area contributed by atoms with Crippen LogP contribution in [0.5, 0.6) is 0 Å². The summed E-state index contributed by atoms with van der Waals surface area (Å²) in [6, 6.07) is 0. The Morgan fingerprint density at radius 3 is 2.78 bits per heavy atom. The zero-order chi connectivity index (χ0) is 7.11. The van der Waals surface area contributed by atoms with Crippen molar-refractivity contribution in [2.75, 3.05) is 12.4 Å². The molecule has 0 unspecified atom stereocenters. The first-order valence-corrected chi connectivity index (χ1v) is 3.16. The zero-order valence-electron chi connectivity index (χ0n) is 4.51. The normalized spacial score (nSPS) is 9.56. The first-order chi connectivity index (χ1) is 4.27. The van der Waals surface area contributed by atoms with E-state index in [4.69, 9.17) is 5.26 Å². The molecule has 0 aromatic rings. The summed E-state index contributed by atoms with van der Waals surface area (Å²) in [6.07, 6.45) is 0. The Hall–Kier alpha value is -0.340. The van der Waals surface area contributed by atoms with Crippen LogP contribution in [0.25, 0.3) is 0 Å². The van der Waals surface area contributed by atoms with Gasteiger partial charge in [0.15, 0.2) is 0 Å². The van der Waals surface area contributed by atoms with Gasteiger partial charge in [0.05, 0.1) is 6.61 Å². The topological polar surface area (TPSA) is 33.0 Å². The number of nitrogens with zero attached hydrogens (tertiary/aromatic N) is 1. The molecule has 0 aliphatic carbocycles. The molecule has 0 aromatic heterocycles. The molecule has 0 aliphatic rings. The molecule has 0 rings (SSSR count). The molecule has 0 spiro atoms. The average molecular weight is 153 g/mol. The van der Waals surface area contributed by atoms with Crippen LogP contribution in [-0.4, -0.2) is 19.0 Å². The third-order valence-electron chi connectivity index (χ3n) is 0.494. The van der Waals surface area contributed by atoms with Crippen LogP contribution in [0.1, 0.15) is 0 Å². The number of rotatable bonds is 4. The van der Waals surface area contributed by atoms with Crippen molar-refractivity contribution in [1.82, 2.24) is 0 Å². The molecule has 52 valence electrons. The van der Waals surface area contributed by atoms with Crippen molar-refractivity contribution < 1.29 is 13.5 Å². The van der Waals surface area contributed by atoms with Crippen molar-refractivity contribution in [3.63, 3.8) is 0 Å². The molecule has 0 aromatic carbocycles. The van der Waals surface area contributed by atoms with Crippen LogP contribution in [0.15, 0.2) is 0 Å². The van der Waals surface area contributed by atoms with E-state index in [1.54, 1.807) is 5.40 Å².